The molecular weight excluding hydrogens is 486 g/mol. The maximum absolute atomic E-state index is 13.8. The minimum absolute atomic E-state index is 0.0200. The quantitative estimate of drug-likeness (QED) is 0.397. The van der Waals surface area contributed by atoms with Crippen LogP contribution in [0, 0.1) is 5.92 Å². The Morgan fingerprint density at radius 2 is 2.00 bits per heavy atom. The molecule has 2 atom stereocenters. The van der Waals surface area contributed by atoms with E-state index < -0.39 is 23.5 Å². The van der Waals surface area contributed by atoms with Crippen LogP contribution in [0.1, 0.15) is 30.2 Å². The Morgan fingerprint density at radius 1 is 1.18 bits per heavy atom. The fourth-order valence-electron chi connectivity index (χ4n) is 4.98. The number of aliphatic hydroxyl groups is 2. The van der Waals surface area contributed by atoms with E-state index in [2.05, 4.69) is 10.3 Å². The lowest BCUT2D eigenvalue weighted by molar-refractivity contribution is -0.139. The van der Waals surface area contributed by atoms with Gasteiger partial charge in [0.2, 0.25) is 0 Å². The summed E-state index contributed by atoms with van der Waals surface area (Å²) in [4.78, 5) is 29.2. The van der Waals surface area contributed by atoms with Crippen LogP contribution in [0.3, 0.4) is 0 Å². The van der Waals surface area contributed by atoms with Gasteiger partial charge in [0.25, 0.3) is 5.91 Å². The van der Waals surface area contributed by atoms with E-state index in [1.807, 2.05) is 49.4 Å². The van der Waals surface area contributed by atoms with E-state index in [0.29, 0.717) is 56.0 Å². The van der Waals surface area contributed by atoms with Gasteiger partial charge >= 0.3 is 6.09 Å². The third kappa shape index (κ3) is 4.80. The Hall–Kier alpha value is -4.02. The average Bonchev–Trinajstić information content (AvgIpc) is 3.62. The van der Waals surface area contributed by atoms with Gasteiger partial charge in [0.15, 0.2) is 5.60 Å². The second-order valence-electron chi connectivity index (χ2n) is 9.56. The third-order valence-corrected chi connectivity index (χ3v) is 7.07. The van der Waals surface area contributed by atoms with Crippen molar-refractivity contribution < 1.29 is 24.5 Å². The summed E-state index contributed by atoms with van der Waals surface area (Å²) in [6.07, 6.45) is 6.20. The maximum atomic E-state index is 13.8. The monoisotopic (exact) mass is 517 g/mol. The van der Waals surface area contributed by atoms with Crippen molar-refractivity contribution in [2.75, 3.05) is 29.6 Å². The van der Waals surface area contributed by atoms with E-state index in [0.717, 1.165) is 11.3 Å². The topological polar surface area (TPSA) is 121 Å². The van der Waals surface area contributed by atoms with Gasteiger partial charge in [-0.1, -0.05) is 54.6 Å². The number of carbonyl (C=O) groups is 2. The molecule has 0 unspecified atom stereocenters. The fourth-order valence-corrected chi connectivity index (χ4v) is 4.98. The van der Waals surface area contributed by atoms with Crippen LogP contribution in [0.25, 0.3) is 0 Å². The van der Waals surface area contributed by atoms with Crippen LogP contribution in [0.5, 0.6) is 0 Å². The first-order valence-corrected chi connectivity index (χ1v) is 12.8. The molecule has 198 valence electrons. The van der Waals surface area contributed by atoms with Gasteiger partial charge in [-0.05, 0) is 30.2 Å². The number of aryl methyl sites for hydroxylation is 1. The average molecular weight is 518 g/mol. The first-order chi connectivity index (χ1) is 18.4. The molecule has 2 aliphatic heterocycles. The molecule has 2 N–H and O–H groups in total. The highest BCUT2D eigenvalue weighted by Crippen LogP contribution is 2.47. The van der Waals surface area contributed by atoms with Crippen molar-refractivity contribution in [2.45, 2.75) is 38.5 Å². The SMILES string of the molecule is C[C@@H](/C=C/CCn1cc(CCO)nn1)[C@]1(O)C(=O)N(Cc2ccccc2)c2ccc(N3CCOC3=O)cc21. The highest BCUT2D eigenvalue weighted by atomic mass is 16.6. The van der Waals surface area contributed by atoms with Gasteiger partial charge < -0.3 is 19.8 Å². The van der Waals surface area contributed by atoms with E-state index in [9.17, 15) is 14.7 Å². The molecular formula is C28H31N5O5. The van der Waals surface area contributed by atoms with E-state index in [1.54, 1.807) is 34.0 Å². The van der Waals surface area contributed by atoms with Crippen LogP contribution in [0.15, 0.2) is 66.9 Å². The minimum Gasteiger partial charge on any atom is -0.447 e. The normalized spacial score (nSPS) is 19.9. The number of nitrogens with zero attached hydrogens (tertiary/aromatic N) is 5. The van der Waals surface area contributed by atoms with E-state index in [-0.39, 0.29) is 6.61 Å². The number of ether oxygens (including phenoxy) is 1. The molecule has 1 saturated heterocycles. The molecule has 0 spiro atoms. The number of benzene rings is 2. The summed E-state index contributed by atoms with van der Waals surface area (Å²) < 4.78 is 6.79. The number of rotatable bonds is 10. The number of hydrogen-bond acceptors (Lipinski definition) is 7. The predicted molar refractivity (Wildman–Crippen MR) is 140 cm³/mol. The maximum Gasteiger partial charge on any atom is 0.414 e. The zero-order valence-corrected chi connectivity index (χ0v) is 21.2. The van der Waals surface area contributed by atoms with Crippen LogP contribution in [0.4, 0.5) is 16.2 Å². The molecule has 1 aromatic heterocycles. The summed E-state index contributed by atoms with van der Waals surface area (Å²) in [5.41, 5.74) is 1.54. The standard InChI is InChI=1S/C28H31N5O5/c1-20(7-5-6-13-31-19-22(12-15-34)29-30-31)28(37)24-17-23(32-14-16-38-27(32)36)10-11-25(24)33(26(28)35)18-21-8-3-2-4-9-21/h2-5,7-11,17,19-20,34,37H,6,12-16,18H2,1H3/b7-5+/t20-,28+/m0/s1. The van der Waals surface area contributed by atoms with Gasteiger partial charge in [0, 0.05) is 42.9 Å². The summed E-state index contributed by atoms with van der Waals surface area (Å²) >= 11 is 0. The van der Waals surface area contributed by atoms with Crippen molar-refractivity contribution in [2.24, 2.45) is 5.92 Å². The summed E-state index contributed by atoms with van der Waals surface area (Å²) in [6, 6.07) is 14.9. The van der Waals surface area contributed by atoms with Gasteiger partial charge in [0.1, 0.15) is 6.61 Å². The number of aliphatic hydroxyl groups excluding tert-OH is 1. The molecule has 10 heteroatoms. The Balaban J connectivity index is 1.40. The van der Waals surface area contributed by atoms with Crippen molar-refractivity contribution in [3.63, 3.8) is 0 Å². The van der Waals surface area contributed by atoms with Gasteiger partial charge in [-0.3, -0.25) is 14.4 Å². The van der Waals surface area contributed by atoms with Crippen LogP contribution >= 0.6 is 0 Å². The number of anilines is 2. The van der Waals surface area contributed by atoms with E-state index in [1.165, 1.54) is 4.90 Å². The molecule has 0 saturated carbocycles. The lowest BCUT2D eigenvalue weighted by Crippen LogP contribution is -2.44. The predicted octanol–water partition coefficient (Wildman–Crippen LogP) is 2.79. The summed E-state index contributed by atoms with van der Waals surface area (Å²) in [5, 5.41) is 29.1. The van der Waals surface area contributed by atoms with Gasteiger partial charge in [-0.15, -0.1) is 5.10 Å². The van der Waals surface area contributed by atoms with Crippen molar-refractivity contribution >= 4 is 23.4 Å². The molecule has 0 aliphatic carbocycles. The highest BCUT2D eigenvalue weighted by molar-refractivity contribution is 6.08. The molecule has 5 rings (SSSR count). The first kappa shape index (κ1) is 25.6. The summed E-state index contributed by atoms with van der Waals surface area (Å²) in [7, 11) is 0. The van der Waals surface area contributed by atoms with Gasteiger partial charge in [-0.2, -0.15) is 0 Å². The number of carbonyl (C=O) groups excluding carboxylic acids is 2. The third-order valence-electron chi connectivity index (χ3n) is 7.07. The largest absolute Gasteiger partial charge is 0.447 e. The molecule has 3 aromatic rings. The van der Waals surface area contributed by atoms with Crippen molar-refractivity contribution in [3.05, 3.63) is 83.7 Å². The Kier molecular flexibility index (Phi) is 7.26. The van der Waals surface area contributed by atoms with Crippen LogP contribution in [-0.4, -0.2) is 57.0 Å². The molecule has 2 aromatic carbocycles. The lowest BCUT2D eigenvalue weighted by Gasteiger charge is -2.28. The Labute approximate surface area is 220 Å². The second kappa shape index (κ2) is 10.8. The molecule has 10 nitrogen and oxygen atoms in total. The van der Waals surface area contributed by atoms with Gasteiger partial charge in [-0.25, -0.2) is 4.79 Å². The number of amides is 2. The lowest BCUT2D eigenvalue weighted by atomic mass is 9.82. The highest BCUT2D eigenvalue weighted by Gasteiger charge is 2.52. The molecule has 2 aliphatic rings. The minimum atomic E-state index is -1.80. The number of cyclic esters (lactones) is 1. The van der Waals surface area contributed by atoms with Crippen molar-refractivity contribution in [1.82, 2.24) is 15.0 Å². The molecule has 38 heavy (non-hydrogen) atoms. The zero-order valence-electron chi connectivity index (χ0n) is 21.2. The fraction of sp³-hybridized carbons (Fsp3) is 0.357. The van der Waals surface area contributed by atoms with Gasteiger partial charge in [0.05, 0.1) is 24.5 Å². The van der Waals surface area contributed by atoms with Crippen molar-refractivity contribution in [1.29, 1.82) is 0 Å². The Morgan fingerprint density at radius 3 is 2.74 bits per heavy atom. The van der Waals surface area contributed by atoms with Crippen LogP contribution in [-0.2, 0) is 34.6 Å². The molecule has 0 bridgehead atoms. The van der Waals surface area contributed by atoms with Crippen molar-refractivity contribution in [3.8, 4) is 0 Å². The number of allylic oxidation sites excluding steroid dienone is 1. The van der Waals surface area contributed by atoms with Crippen LogP contribution in [0.2, 0.25) is 0 Å². The summed E-state index contributed by atoms with van der Waals surface area (Å²) in [6.45, 7) is 3.44. The summed E-state index contributed by atoms with van der Waals surface area (Å²) in [5.74, 6) is -0.949. The zero-order chi connectivity index (χ0) is 26.7. The van der Waals surface area contributed by atoms with E-state index in [4.69, 9.17) is 9.84 Å². The molecule has 1 fully saturated rings. The smallest absolute Gasteiger partial charge is 0.414 e. The number of fused-ring (bicyclic) bond motifs is 1. The number of aromatic nitrogens is 3. The van der Waals surface area contributed by atoms with E-state index >= 15 is 0 Å². The number of hydrogen-bond donors (Lipinski definition) is 2. The molecule has 3 heterocycles. The molecule has 0 radical (unpaired) electrons. The Bertz CT molecular complexity index is 1340. The molecule has 2 amide bonds. The first-order valence-electron chi connectivity index (χ1n) is 12.8. The van der Waals surface area contributed by atoms with Crippen LogP contribution < -0.4 is 9.80 Å². The second-order valence-corrected chi connectivity index (χ2v) is 9.56.